The Labute approximate surface area is 143 Å². The van der Waals surface area contributed by atoms with Crippen LogP contribution in [0.25, 0.3) is 0 Å². The Kier molecular flexibility index (Phi) is 3.64. The number of benzene rings is 2. The molecule has 2 nitrogen and oxygen atoms in total. The third-order valence-corrected chi connectivity index (χ3v) is 5.34. The SMILES string of the molecule is COc1ccc(Br)cc1[C@H]1Nc2ccc(F)cc2[C@H]2C=CC[C@@H]21. The Bertz CT molecular complexity index is 789. The van der Waals surface area contributed by atoms with Crippen molar-refractivity contribution in [3.8, 4) is 5.75 Å². The number of hydrogen-bond donors (Lipinski definition) is 1. The van der Waals surface area contributed by atoms with Gasteiger partial charge < -0.3 is 10.1 Å². The predicted octanol–water partition coefficient (Wildman–Crippen LogP) is 5.42. The molecule has 1 aliphatic carbocycles. The second-order valence-electron chi connectivity index (χ2n) is 6.09. The molecule has 23 heavy (non-hydrogen) atoms. The first-order valence-electron chi connectivity index (χ1n) is 7.73. The fourth-order valence-corrected chi connectivity index (χ4v) is 4.20. The van der Waals surface area contributed by atoms with Crippen LogP contribution in [0.2, 0.25) is 0 Å². The van der Waals surface area contributed by atoms with Crippen molar-refractivity contribution < 1.29 is 9.13 Å². The minimum absolute atomic E-state index is 0.139. The predicted molar refractivity (Wildman–Crippen MR) is 93.4 cm³/mol. The van der Waals surface area contributed by atoms with Crippen molar-refractivity contribution in [3.63, 3.8) is 0 Å². The molecule has 1 heterocycles. The summed E-state index contributed by atoms with van der Waals surface area (Å²) >= 11 is 3.56. The zero-order valence-electron chi connectivity index (χ0n) is 12.7. The summed E-state index contributed by atoms with van der Waals surface area (Å²) in [5, 5.41) is 3.61. The van der Waals surface area contributed by atoms with Crippen LogP contribution in [0, 0.1) is 11.7 Å². The van der Waals surface area contributed by atoms with Crippen LogP contribution in [0.3, 0.4) is 0 Å². The lowest BCUT2D eigenvalue weighted by molar-refractivity contribution is 0.380. The molecule has 2 aromatic rings. The highest BCUT2D eigenvalue weighted by Gasteiger charge is 2.39. The van der Waals surface area contributed by atoms with Gasteiger partial charge in [-0.3, -0.25) is 0 Å². The molecule has 118 valence electrons. The quantitative estimate of drug-likeness (QED) is 0.709. The summed E-state index contributed by atoms with van der Waals surface area (Å²) in [6.45, 7) is 0. The second-order valence-corrected chi connectivity index (χ2v) is 7.01. The normalized spacial score (nSPS) is 24.7. The first-order valence-corrected chi connectivity index (χ1v) is 8.53. The lowest BCUT2D eigenvalue weighted by atomic mass is 9.77. The molecule has 0 radical (unpaired) electrons. The topological polar surface area (TPSA) is 21.3 Å². The maximum absolute atomic E-state index is 13.7. The number of fused-ring (bicyclic) bond motifs is 3. The van der Waals surface area contributed by atoms with E-state index in [1.165, 1.54) is 6.07 Å². The summed E-state index contributed by atoms with van der Waals surface area (Å²) in [5.41, 5.74) is 3.19. The molecule has 0 spiro atoms. The Hall–Kier alpha value is -1.81. The highest BCUT2D eigenvalue weighted by molar-refractivity contribution is 9.10. The third kappa shape index (κ3) is 2.45. The molecule has 0 saturated carbocycles. The van der Waals surface area contributed by atoms with E-state index in [9.17, 15) is 4.39 Å². The smallest absolute Gasteiger partial charge is 0.124 e. The molecule has 2 aromatic carbocycles. The molecule has 0 saturated heterocycles. The van der Waals surface area contributed by atoms with Gasteiger partial charge in [-0.2, -0.15) is 0 Å². The third-order valence-electron chi connectivity index (χ3n) is 4.85. The van der Waals surface area contributed by atoms with E-state index >= 15 is 0 Å². The molecule has 4 rings (SSSR count). The first kappa shape index (κ1) is 14.8. The van der Waals surface area contributed by atoms with Crippen LogP contribution < -0.4 is 10.1 Å². The fourth-order valence-electron chi connectivity index (χ4n) is 3.82. The van der Waals surface area contributed by atoms with Crippen molar-refractivity contribution in [2.75, 3.05) is 12.4 Å². The molecular weight excluding hydrogens is 357 g/mol. The van der Waals surface area contributed by atoms with Crippen molar-refractivity contribution in [1.29, 1.82) is 0 Å². The monoisotopic (exact) mass is 373 g/mol. The van der Waals surface area contributed by atoms with Crippen molar-refractivity contribution in [3.05, 3.63) is 70.0 Å². The lowest BCUT2D eigenvalue weighted by Gasteiger charge is -2.38. The van der Waals surface area contributed by atoms with Crippen molar-refractivity contribution in [1.82, 2.24) is 0 Å². The Morgan fingerprint density at radius 1 is 1.17 bits per heavy atom. The average molecular weight is 374 g/mol. The highest BCUT2D eigenvalue weighted by Crippen LogP contribution is 2.51. The Balaban J connectivity index is 1.82. The maximum atomic E-state index is 13.7. The van der Waals surface area contributed by atoms with Crippen LogP contribution in [0.4, 0.5) is 10.1 Å². The van der Waals surface area contributed by atoms with Gasteiger partial charge in [0.2, 0.25) is 0 Å². The molecule has 2 aliphatic rings. The summed E-state index contributed by atoms with van der Waals surface area (Å²) in [6.07, 6.45) is 5.39. The Morgan fingerprint density at radius 2 is 2.04 bits per heavy atom. The summed E-state index contributed by atoms with van der Waals surface area (Å²) < 4.78 is 20.3. The number of rotatable bonds is 2. The van der Waals surface area contributed by atoms with Gasteiger partial charge in [-0.15, -0.1) is 0 Å². The minimum Gasteiger partial charge on any atom is -0.496 e. The van der Waals surface area contributed by atoms with Gasteiger partial charge in [0.15, 0.2) is 0 Å². The van der Waals surface area contributed by atoms with Gasteiger partial charge in [-0.05, 0) is 54.3 Å². The molecule has 3 atom stereocenters. The minimum atomic E-state index is -0.178. The van der Waals surface area contributed by atoms with E-state index in [1.54, 1.807) is 13.2 Å². The van der Waals surface area contributed by atoms with E-state index in [-0.39, 0.29) is 17.8 Å². The fraction of sp³-hybridized carbons (Fsp3) is 0.263. The van der Waals surface area contributed by atoms with E-state index in [2.05, 4.69) is 39.5 Å². The molecule has 0 bridgehead atoms. The van der Waals surface area contributed by atoms with Crippen molar-refractivity contribution in [2.45, 2.75) is 18.4 Å². The number of methoxy groups -OCH3 is 1. The highest BCUT2D eigenvalue weighted by atomic mass is 79.9. The average Bonchev–Trinajstić information content (AvgIpc) is 3.04. The lowest BCUT2D eigenvalue weighted by Crippen LogP contribution is -2.29. The largest absolute Gasteiger partial charge is 0.496 e. The van der Waals surface area contributed by atoms with Crippen LogP contribution in [-0.2, 0) is 0 Å². The molecule has 0 fully saturated rings. The van der Waals surface area contributed by atoms with Gasteiger partial charge >= 0.3 is 0 Å². The van der Waals surface area contributed by atoms with Crippen LogP contribution in [0.5, 0.6) is 5.75 Å². The van der Waals surface area contributed by atoms with E-state index in [0.717, 1.165) is 33.5 Å². The van der Waals surface area contributed by atoms with Crippen molar-refractivity contribution >= 4 is 21.6 Å². The number of anilines is 1. The molecule has 0 unspecified atom stereocenters. The summed E-state index contributed by atoms with van der Waals surface area (Å²) in [5.74, 6) is 1.31. The molecule has 0 amide bonds. The van der Waals surface area contributed by atoms with Gasteiger partial charge in [0.05, 0.1) is 13.2 Å². The number of ether oxygens (including phenoxy) is 1. The van der Waals surface area contributed by atoms with Gasteiger partial charge in [-0.1, -0.05) is 28.1 Å². The Morgan fingerprint density at radius 3 is 2.87 bits per heavy atom. The summed E-state index contributed by atoms with van der Waals surface area (Å²) in [4.78, 5) is 0. The molecular formula is C19H17BrFNO. The van der Waals surface area contributed by atoms with Gasteiger partial charge in [0.1, 0.15) is 11.6 Å². The zero-order valence-corrected chi connectivity index (χ0v) is 14.3. The number of nitrogens with one attached hydrogen (secondary N) is 1. The second kappa shape index (κ2) is 5.68. The van der Waals surface area contributed by atoms with Crippen LogP contribution >= 0.6 is 15.9 Å². The summed E-state index contributed by atoms with van der Waals surface area (Å²) in [7, 11) is 1.70. The van der Waals surface area contributed by atoms with Crippen LogP contribution in [0.1, 0.15) is 29.5 Å². The van der Waals surface area contributed by atoms with Gasteiger partial charge in [-0.25, -0.2) is 4.39 Å². The molecule has 4 heteroatoms. The molecule has 1 aliphatic heterocycles. The van der Waals surface area contributed by atoms with Gasteiger partial charge in [0, 0.05) is 21.6 Å². The molecule has 0 aromatic heterocycles. The molecule has 1 N–H and O–H groups in total. The standard InChI is InChI=1S/C19H17BrFNO/c1-23-18-8-5-11(20)9-16(18)19-14-4-2-3-13(14)15-10-12(21)6-7-17(15)22-19/h2-3,5-10,13-14,19,22H,4H2,1H3/t13-,14-,19-/m0/s1. The number of hydrogen-bond acceptors (Lipinski definition) is 2. The van der Waals surface area contributed by atoms with Crippen LogP contribution in [-0.4, -0.2) is 7.11 Å². The van der Waals surface area contributed by atoms with E-state index in [4.69, 9.17) is 4.74 Å². The summed E-state index contributed by atoms with van der Waals surface area (Å²) in [6, 6.07) is 11.2. The van der Waals surface area contributed by atoms with Crippen LogP contribution in [0.15, 0.2) is 53.0 Å². The maximum Gasteiger partial charge on any atom is 0.124 e. The first-order chi connectivity index (χ1) is 11.2. The van der Waals surface area contributed by atoms with E-state index in [0.29, 0.717) is 5.92 Å². The number of allylic oxidation sites excluding steroid dienone is 2. The van der Waals surface area contributed by atoms with E-state index < -0.39 is 0 Å². The number of halogens is 2. The van der Waals surface area contributed by atoms with Crippen molar-refractivity contribution in [2.24, 2.45) is 5.92 Å². The van der Waals surface area contributed by atoms with Gasteiger partial charge in [0.25, 0.3) is 0 Å². The van der Waals surface area contributed by atoms with E-state index in [1.807, 2.05) is 18.2 Å². The zero-order chi connectivity index (χ0) is 16.0.